The standard InChI is InChI=1S/C8H16.C2HF3O2/c1-3-5-7-8-6-4-2;3-2(4,5)1(6)7/h5,7H,3-4,6,8H2,1-2H3;(H,6,7). The predicted molar refractivity (Wildman–Crippen MR) is 52.6 cm³/mol. The summed E-state index contributed by atoms with van der Waals surface area (Å²) in [6, 6.07) is 0. The average Bonchev–Trinajstić information content (AvgIpc) is 2.12. The lowest BCUT2D eigenvalue weighted by Gasteiger charge is -1.93. The molecule has 5 heteroatoms. The minimum absolute atomic E-state index is 1.18. The minimum Gasteiger partial charge on any atom is -0.475 e. The summed E-state index contributed by atoms with van der Waals surface area (Å²) in [6.07, 6.45) is 4.53. The molecule has 0 spiro atoms. The van der Waals surface area contributed by atoms with E-state index in [2.05, 4.69) is 26.0 Å². The van der Waals surface area contributed by atoms with Crippen LogP contribution >= 0.6 is 0 Å². The second-order valence-corrected chi connectivity index (χ2v) is 2.82. The molecule has 0 saturated heterocycles. The lowest BCUT2D eigenvalue weighted by Crippen LogP contribution is -2.21. The van der Waals surface area contributed by atoms with E-state index >= 15 is 0 Å². The molecule has 0 rings (SSSR count). The van der Waals surface area contributed by atoms with Gasteiger partial charge in [0.25, 0.3) is 0 Å². The molecule has 0 aromatic rings. The van der Waals surface area contributed by atoms with E-state index < -0.39 is 12.1 Å². The van der Waals surface area contributed by atoms with E-state index in [-0.39, 0.29) is 0 Å². The second kappa shape index (κ2) is 9.55. The monoisotopic (exact) mass is 226 g/mol. The summed E-state index contributed by atoms with van der Waals surface area (Å²) >= 11 is 0. The molecule has 0 fully saturated rings. The van der Waals surface area contributed by atoms with Gasteiger partial charge in [0.05, 0.1) is 0 Å². The number of alkyl halides is 3. The zero-order valence-electron chi connectivity index (χ0n) is 8.97. The van der Waals surface area contributed by atoms with Crippen LogP contribution in [-0.2, 0) is 4.79 Å². The molecule has 0 radical (unpaired) electrons. The lowest BCUT2D eigenvalue weighted by atomic mass is 10.2. The van der Waals surface area contributed by atoms with Crippen molar-refractivity contribution in [1.82, 2.24) is 0 Å². The zero-order chi connectivity index (χ0) is 12.3. The Kier molecular flexibility index (Phi) is 10.5. The van der Waals surface area contributed by atoms with Crippen LogP contribution in [0.25, 0.3) is 0 Å². The topological polar surface area (TPSA) is 37.3 Å². The van der Waals surface area contributed by atoms with Crippen molar-refractivity contribution < 1.29 is 23.1 Å². The summed E-state index contributed by atoms with van der Waals surface area (Å²) in [5.74, 6) is -2.76. The summed E-state index contributed by atoms with van der Waals surface area (Å²) < 4.78 is 31.7. The van der Waals surface area contributed by atoms with Crippen LogP contribution in [0.4, 0.5) is 13.2 Å². The first-order chi connectivity index (χ1) is 6.86. The highest BCUT2D eigenvalue weighted by atomic mass is 19.4. The first kappa shape index (κ1) is 16.4. The van der Waals surface area contributed by atoms with Gasteiger partial charge in [-0.2, -0.15) is 13.2 Å². The Morgan fingerprint density at radius 3 is 2.00 bits per heavy atom. The van der Waals surface area contributed by atoms with E-state index in [1.807, 2.05) is 0 Å². The Morgan fingerprint density at radius 2 is 1.73 bits per heavy atom. The van der Waals surface area contributed by atoms with Crippen molar-refractivity contribution in [2.75, 3.05) is 0 Å². The van der Waals surface area contributed by atoms with Gasteiger partial charge in [-0.15, -0.1) is 0 Å². The van der Waals surface area contributed by atoms with Gasteiger partial charge >= 0.3 is 12.1 Å². The van der Waals surface area contributed by atoms with Crippen molar-refractivity contribution in [1.29, 1.82) is 0 Å². The molecule has 0 aromatic heterocycles. The first-order valence-electron chi connectivity index (χ1n) is 4.81. The van der Waals surface area contributed by atoms with Gasteiger partial charge in [-0.25, -0.2) is 4.79 Å². The summed E-state index contributed by atoms with van der Waals surface area (Å²) in [6.45, 7) is 4.39. The van der Waals surface area contributed by atoms with Crippen LogP contribution in [0.5, 0.6) is 0 Å². The highest BCUT2D eigenvalue weighted by Gasteiger charge is 2.38. The largest absolute Gasteiger partial charge is 0.490 e. The Bertz CT molecular complexity index is 186. The molecule has 90 valence electrons. The van der Waals surface area contributed by atoms with E-state index in [0.717, 1.165) is 0 Å². The van der Waals surface area contributed by atoms with Gasteiger partial charge in [0.15, 0.2) is 0 Å². The third-order valence-corrected chi connectivity index (χ3v) is 1.37. The molecule has 0 unspecified atom stereocenters. The van der Waals surface area contributed by atoms with Crippen molar-refractivity contribution in [2.24, 2.45) is 0 Å². The van der Waals surface area contributed by atoms with Gasteiger partial charge in [-0.1, -0.05) is 38.8 Å². The third kappa shape index (κ3) is 15.7. The number of hydrogen-bond donors (Lipinski definition) is 1. The molecular weight excluding hydrogens is 209 g/mol. The van der Waals surface area contributed by atoms with E-state index in [9.17, 15) is 13.2 Å². The molecule has 2 nitrogen and oxygen atoms in total. The number of carboxylic acid groups (broad SMARTS) is 1. The number of carbonyl (C=O) groups is 1. The van der Waals surface area contributed by atoms with Crippen LogP contribution in [0, 0.1) is 0 Å². The molecule has 0 amide bonds. The molecule has 0 aliphatic carbocycles. The maximum atomic E-state index is 10.6. The number of rotatable bonds is 4. The number of unbranched alkanes of at least 4 members (excludes halogenated alkanes) is 2. The molecule has 15 heavy (non-hydrogen) atoms. The van der Waals surface area contributed by atoms with Crippen molar-refractivity contribution in [3.8, 4) is 0 Å². The van der Waals surface area contributed by atoms with Crippen LogP contribution < -0.4 is 0 Å². The summed E-state index contributed by atoms with van der Waals surface area (Å²) in [5.41, 5.74) is 0. The number of hydrogen-bond acceptors (Lipinski definition) is 1. The van der Waals surface area contributed by atoms with Crippen LogP contribution in [0.3, 0.4) is 0 Å². The van der Waals surface area contributed by atoms with Crippen molar-refractivity contribution in [3.05, 3.63) is 12.2 Å². The highest BCUT2D eigenvalue weighted by molar-refractivity contribution is 5.73. The molecule has 1 N–H and O–H groups in total. The Labute approximate surface area is 87.8 Å². The number of carboxylic acids is 1. The highest BCUT2D eigenvalue weighted by Crippen LogP contribution is 2.13. The zero-order valence-corrected chi connectivity index (χ0v) is 8.97. The molecule has 0 aromatic carbocycles. The smallest absolute Gasteiger partial charge is 0.475 e. The average molecular weight is 226 g/mol. The van der Waals surface area contributed by atoms with E-state index in [0.29, 0.717) is 0 Å². The van der Waals surface area contributed by atoms with Gasteiger partial charge in [0, 0.05) is 0 Å². The summed E-state index contributed by atoms with van der Waals surface area (Å²) in [5, 5.41) is 7.12. The molecule has 0 saturated carbocycles. The van der Waals surface area contributed by atoms with Crippen molar-refractivity contribution in [3.63, 3.8) is 0 Å². The maximum absolute atomic E-state index is 10.6. The van der Waals surface area contributed by atoms with Crippen LogP contribution in [0.1, 0.15) is 39.5 Å². The van der Waals surface area contributed by atoms with Crippen LogP contribution in [0.2, 0.25) is 0 Å². The fourth-order valence-electron chi connectivity index (χ4n) is 0.606. The molecule has 0 bridgehead atoms. The van der Waals surface area contributed by atoms with Gasteiger partial charge in [0.2, 0.25) is 0 Å². The van der Waals surface area contributed by atoms with Crippen LogP contribution in [0.15, 0.2) is 12.2 Å². The number of allylic oxidation sites excluding steroid dienone is 2. The predicted octanol–water partition coefficient (Wildman–Crippen LogP) is 3.78. The third-order valence-electron chi connectivity index (χ3n) is 1.37. The Hall–Kier alpha value is -1.00. The summed E-state index contributed by atoms with van der Waals surface area (Å²) in [7, 11) is 0. The fourth-order valence-corrected chi connectivity index (χ4v) is 0.606. The van der Waals surface area contributed by atoms with Gasteiger partial charge in [-0.3, -0.25) is 0 Å². The minimum atomic E-state index is -5.08. The van der Waals surface area contributed by atoms with E-state index in [1.54, 1.807) is 0 Å². The molecule has 0 aliphatic rings. The SMILES string of the molecule is CCC=CCCCC.O=C(O)C(F)(F)F. The first-order valence-corrected chi connectivity index (χ1v) is 4.81. The molecule has 0 atom stereocenters. The fraction of sp³-hybridized carbons (Fsp3) is 0.700. The van der Waals surface area contributed by atoms with Crippen molar-refractivity contribution in [2.45, 2.75) is 45.7 Å². The Morgan fingerprint density at radius 1 is 1.27 bits per heavy atom. The lowest BCUT2D eigenvalue weighted by molar-refractivity contribution is -0.192. The molecule has 0 heterocycles. The number of aliphatic carboxylic acids is 1. The molecule has 0 aliphatic heterocycles. The quantitative estimate of drug-likeness (QED) is 0.585. The van der Waals surface area contributed by atoms with Gasteiger partial charge in [-0.05, 0) is 12.8 Å². The number of halogens is 3. The Balaban J connectivity index is 0. The van der Waals surface area contributed by atoms with E-state index in [1.165, 1.54) is 25.7 Å². The van der Waals surface area contributed by atoms with Crippen molar-refractivity contribution >= 4 is 5.97 Å². The maximum Gasteiger partial charge on any atom is 0.490 e. The normalized spacial score (nSPS) is 11.0. The second-order valence-electron chi connectivity index (χ2n) is 2.82. The van der Waals surface area contributed by atoms with Gasteiger partial charge in [0.1, 0.15) is 0 Å². The molecular formula is C10H17F3O2. The summed E-state index contributed by atoms with van der Waals surface area (Å²) in [4.78, 5) is 8.90. The van der Waals surface area contributed by atoms with Crippen LogP contribution in [-0.4, -0.2) is 17.3 Å². The van der Waals surface area contributed by atoms with E-state index in [4.69, 9.17) is 9.90 Å². The van der Waals surface area contributed by atoms with Gasteiger partial charge < -0.3 is 5.11 Å².